The Morgan fingerprint density at radius 2 is 1.04 bits per heavy atom. The minimum absolute atomic E-state index is 0.0658. The molecule has 4 heteroatoms. The molecule has 270 valence electrons. The van der Waals surface area contributed by atoms with Gasteiger partial charge in [0.2, 0.25) is 5.90 Å². The number of fused-ring (bicyclic) bond motifs is 5. The highest BCUT2D eigenvalue weighted by Crippen LogP contribution is 2.44. The third-order valence-corrected chi connectivity index (χ3v) is 11.4. The molecule has 1 unspecified atom stereocenters. The average molecular weight is 732 g/mol. The first-order chi connectivity index (χ1) is 28.3. The van der Waals surface area contributed by atoms with Gasteiger partial charge in [-0.05, 0) is 94.2 Å². The molecule has 0 amide bonds. The highest BCUT2D eigenvalue weighted by atomic mass is 16.5. The van der Waals surface area contributed by atoms with Gasteiger partial charge >= 0.3 is 0 Å². The van der Waals surface area contributed by atoms with Gasteiger partial charge in [0.25, 0.3) is 0 Å². The van der Waals surface area contributed by atoms with Gasteiger partial charge < -0.3 is 14.2 Å². The third kappa shape index (κ3) is 5.65. The number of aromatic nitrogens is 1. The maximum atomic E-state index is 6.49. The summed E-state index contributed by atoms with van der Waals surface area (Å²) in [4.78, 5) is 7.52. The number of hydrogen-bond acceptors (Lipinski definition) is 3. The Labute approximate surface area is 331 Å². The van der Waals surface area contributed by atoms with E-state index in [9.17, 15) is 0 Å². The molecule has 57 heavy (non-hydrogen) atoms. The van der Waals surface area contributed by atoms with Crippen molar-refractivity contribution in [2.75, 3.05) is 4.90 Å². The standard InChI is InChI=1S/C53H37N3O/c1-4-15-36(16-5-1)37-27-31-41(32-28-37)55(49-25-14-26-50-51(49)45-23-12-13-24-48(45)56(50)40-19-8-3-9-20-40)42-33-29-38(30-34-42)46-35-47-52(44-22-11-10-21-43(44)46)57-53(54-47)39-17-6-2-7-18-39/h1-34,47H,35H2. The van der Waals surface area contributed by atoms with Crippen LogP contribution >= 0.6 is 0 Å². The molecule has 0 saturated carbocycles. The van der Waals surface area contributed by atoms with Gasteiger partial charge in [-0.3, -0.25) is 0 Å². The quantitative estimate of drug-likeness (QED) is 0.163. The number of anilines is 3. The van der Waals surface area contributed by atoms with Crippen molar-refractivity contribution in [2.45, 2.75) is 12.5 Å². The van der Waals surface area contributed by atoms with Gasteiger partial charge in [0, 0.05) is 45.0 Å². The van der Waals surface area contributed by atoms with E-state index in [1.807, 2.05) is 18.2 Å². The normalized spacial score (nSPS) is 14.6. The van der Waals surface area contributed by atoms with E-state index in [2.05, 4.69) is 198 Å². The van der Waals surface area contributed by atoms with Crippen molar-refractivity contribution in [3.63, 3.8) is 0 Å². The zero-order chi connectivity index (χ0) is 37.7. The van der Waals surface area contributed by atoms with Crippen LogP contribution in [0.5, 0.6) is 0 Å². The van der Waals surface area contributed by atoms with Crippen molar-refractivity contribution in [2.24, 2.45) is 4.99 Å². The maximum Gasteiger partial charge on any atom is 0.222 e. The van der Waals surface area contributed by atoms with Crippen molar-refractivity contribution in [3.8, 4) is 16.8 Å². The molecule has 4 nitrogen and oxygen atoms in total. The van der Waals surface area contributed by atoms with E-state index in [4.69, 9.17) is 9.73 Å². The van der Waals surface area contributed by atoms with Gasteiger partial charge in [0.1, 0.15) is 11.8 Å². The summed E-state index contributed by atoms with van der Waals surface area (Å²) < 4.78 is 8.87. The predicted molar refractivity (Wildman–Crippen MR) is 235 cm³/mol. The summed E-state index contributed by atoms with van der Waals surface area (Å²) in [6.45, 7) is 0. The van der Waals surface area contributed by atoms with Crippen molar-refractivity contribution >= 4 is 56.1 Å². The van der Waals surface area contributed by atoms with Gasteiger partial charge in [-0.1, -0.05) is 140 Å². The first-order valence-corrected chi connectivity index (χ1v) is 19.6. The minimum Gasteiger partial charge on any atom is -0.440 e. The lowest BCUT2D eigenvalue weighted by Gasteiger charge is -2.27. The van der Waals surface area contributed by atoms with Crippen LogP contribution in [0.25, 0.3) is 50.0 Å². The van der Waals surface area contributed by atoms with Crippen molar-refractivity contribution in [3.05, 3.63) is 228 Å². The largest absolute Gasteiger partial charge is 0.440 e. The highest BCUT2D eigenvalue weighted by Gasteiger charge is 2.31. The molecule has 0 N–H and O–H groups in total. The molecule has 2 heterocycles. The lowest BCUT2D eigenvalue weighted by atomic mass is 9.90. The summed E-state index contributed by atoms with van der Waals surface area (Å²) in [5.41, 5.74) is 12.6. The number of rotatable bonds is 7. The van der Waals surface area contributed by atoms with Crippen LogP contribution in [0.3, 0.4) is 0 Å². The number of hydrogen-bond donors (Lipinski definition) is 0. The monoisotopic (exact) mass is 731 g/mol. The Hall–Kier alpha value is -7.43. The molecule has 9 aromatic rings. The highest BCUT2D eigenvalue weighted by molar-refractivity contribution is 6.16. The lowest BCUT2D eigenvalue weighted by molar-refractivity contribution is 0.500. The van der Waals surface area contributed by atoms with Crippen LogP contribution in [-0.2, 0) is 4.74 Å². The van der Waals surface area contributed by atoms with Gasteiger partial charge in [0.15, 0.2) is 0 Å². The summed E-state index contributed by atoms with van der Waals surface area (Å²) in [6.07, 6.45) is 0.769. The molecule has 0 bridgehead atoms. The molecule has 8 aromatic carbocycles. The SMILES string of the molecule is c1ccc(C2=NC3CC(c4ccc(N(c5ccc(-c6ccccc6)cc5)c5cccc6c5c5ccccc5n6-c5ccccc5)cc4)=c4ccccc4=C3O2)cc1. The Kier molecular flexibility index (Phi) is 7.92. The van der Waals surface area contributed by atoms with E-state index in [-0.39, 0.29) is 6.04 Å². The van der Waals surface area contributed by atoms with Gasteiger partial charge in [-0.15, -0.1) is 0 Å². The van der Waals surface area contributed by atoms with E-state index < -0.39 is 0 Å². The summed E-state index contributed by atoms with van der Waals surface area (Å²) >= 11 is 0. The summed E-state index contributed by atoms with van der Waals surface area (Å²) in [6, 6.07) is 73.5. The molecule has 0 saturated heterocycles. The first-order valence-electron chi connectivity index (χ1n) is 19.6. The number of nitrogens with zero attached hydrogens (tertiary/aromatic N) is 3. The van der Waals surface area contributed by atoms with Gasteiger partial charge in [-0.2, -0.15) is 0 Å². The Balaban J connectivity index is 1.06. The summed E-state index contributed by atoms with van der Waals surface area (Å²) in [5, 5.41) is 4.74. The van der Waals surface area contributed by atoms with Crippen LogP contribution in [0.15, 0.2) is 211 Å². The number of ether oxygens (including phenoxy) is 1. The number of benzene rings is 8. The van der Waals surface area contributed by atoms with E-state index >= 15 is 0 Å². The first kappa shape index (κ1) is 33.0. The zero-order valence-corrected chi connectivity index (χ0v) is 31.2. The molecular formula is C53H37N3O. The fraction of sp³-hybridized carbons (Fsp3) is 0.0377. The predicted octanol–water partition coefficient (Wildman–Crippen LogP) is 11.5. The van der Waals surface area contributed by atoms with Crippen LogP contribution in [0.2, 0.25) is 0 Å². The van der Waals surface area contributed by atoms with Crippen LogP contribution < -0.4 is 15.3 Å². The molecule has 2 aliphatic rings. The fourth-order valence-electron chi connectivity index (χ4n) is 8.74. The maximum absolute atomic E-state index is 6.49. The Bertz CT molecular complexity index is 3100. The molecule has 1 aromatic heterocycles. The molecular weight excluding hydrogens is 695 g/mol. The van der Waals surface area contributed by atoms with Crippen LogP contribution in [0.4, 0.5) is 17.1 Å². The Morgan fingerprint density at radius 3 is 1.75 bits per heavy atom. The molecule has 1 aliphatic heterocycles. The van der Waals surface area contributed by atoms with E-state index in [0.29, 0.717) is 5.90 Å². The summed E-state index contributed by atoms with van der Waals surface area (Å²) in [7, 11) is 0. The fourth-order valence-corrected chi connectivity index (χ4v) is 8.74. The number of para-hydroxylation sites is 2. The van der Waals surface area contributed by atoms with Crippen molar-refractivity contribution in [1.29, 1.82) is 0 Å². The molecule has 0 radical (unpaired) electrons. The Morgan fingerprint density at radius 1 is 0.474 bits per heavy atom. The lowest BCUT2D eigenvalue weighted by Crippen LogP contribution is -2.36. The molecule has 0 spiro atoms. The minimum atomic E-state index is -0.0658. The second kappa shape index (κ2) is 13.7. The topological polar surface area (TPSA) is 29.8 Å². The van der Waals surface area contributed by atoms with Crippen LogP contribution in [-0.4, -0.2) is 16.5 Å². The van der Waals surface area contributed by atoms with Gasteiger partial charge in [0.05, 0.1) is 16.7 Å². The molecule has 11 rings (SSSR count). The average Bonchev–Trinajstić information content (AvgIpc) is 3.88. The van der Waals surface area contributed by atoms with Crippen molar-refractivity contribution in [1.82, 2.24) is 4.57 Å². The molecule has 1 aliphatic carbocycles. The second-order valence-electron chi connectivity index (χ2n) is 14.7. The van der Waals surface area contributed by atoms with E-state index in [1.54, 1.807) is 0 Å². The van der Waals surface area contributed by atoms with Crippen LogP contribution in [0.1, 0.15) is 17.5 Å². The van der Waals surface area contributed by atoms with Crippen LogP contribution in [0, 0.1) is 0 Å². The van der Waals surface area contributed by atoms with E-state index in [0.717, 1.165) is 51.2 Å². The molecule has 1 atom stereocenters. The summed E-state index contributed by atoms with van der Waals surface area (Å²) in [5.74, 6) is 1.64. The smallest absolute Gasteiger partial charge is 0.222 e. The van der Waals surface area contributed by atoms with Crippen molar-refractivity contribution < 1.29 is 4.74 Å². The van der Waals surface area contributed by atoms with E-state index in [1.165, 1.54) is 43.8 Å². The number of aliphatic imine (C=N–C) groups is 1. The third-order valence-electron chi connectivity index (χ3n) is 11.4. The van der Waals surface area contributed by atoms with Gasteiger partial charge in [-0.25, -0.2) is 4.99 Å². The zero-order valence-electron chi connectivity index (χ0n) is 31.2. The molecule has 0 fully saturated rings. The second-order valence-corrected chi connectivity index (χ2v) is 14.7.